The molecule has 1 aliphatic heterocycles. The van der Waals surface area contributed by atoms with Gasteiger partial charge in [0.2, 0.25) is 0 Å². The molecule has 114 valence electrons. The molecule has 1 aromatic rings. The standard InChI is InChI=1S/C14H18ClN3O3/c1-3-11-9-17(7-6-16(11)2)14(19)10-4-5-12(15)13(8-10)18(20)21/h4-5,8,11H,3,6-7,9H2,1-2H3. The lowest BCUT2D eigenvalue weighted by atomic mass is 10.1. The van der Waals surface area contributed by atoms with Gasteiger partial charge in [-0.15, -0.1) is 0 Å². The molecule has 0 bridgehead atoms. The summed E-state index contributed by atoms with van der Waals surface area (Å²) in [6.45, 7) is 4.16. The van der Waals surface area contributed by atoms with Gasteiger partial charge in [-0.1, -0.05) is 18.5 Å². The van der Waals surface area contributed by atoms with Crippen LogP contribution in [-0.2, 0) is 0 Å². The number of nitro benzene ring substituents is 1. The molecule has 2 rings (SSSR count). The normalized spacial score (nSPS) is 19.6. The molecule has 1 atom stereocenters. The molecule has 1 fully saturated rings. The number of halogens is 1. The van der Waals surface area contributed by atoms with Crippen molar-refractivity contribution in [3.8, 4) is 0 Å². The maximum atomic E-state index is 12.5. The number of carbonyl (C=O) groups excluding carboxylic acids is 1. The third kappa shape index (κ3) is 3.33. The average Bonchev–Trinajstić information content (AvgIpc) is 2.47. The van der Waals surface area contributed by atoms with Gasteiger partial charge in [0.25, 0.3) is 11.6 Å². The molecule has 1 aromatic carbocycles. The number of likely N-dealkylation sites (N-methyl/N-ethyl adjacent to an activating group) is 1. The molecule has 0 radical (unpaired) electrons. The van der Waals surface area contributed by atoms with Crippen LogP contribution in [0.15, 0.2) is 18.2 Å². The minimum absolute atomic E-state index is 0.0429. The van der Waals surface area contributed by atoms with Crippen molar-refractivity contribution >= 4 is 23.2 Å². The molecular weight excluding hydrogens is 294 g/mol. The van der Waals surface area contributed by atoms with Crippen LogP contribution in [0.5, 0.6) is 0 Å². The number of carbonyl (C=O) groups is 1. The van der Waals surface area contributed by atoms with Crippen molar-refractivity contribution in [1.29, 1.82) is 0 Å². The van der Waals surface area contributed by atoms with Crippen LogP contribution >= 0.6 is 11.6 Å². The summed E-state index contributed by atoms with van der Waals surface area (Å²) in [5.74, 6) is -0.179. The fraction of sp³-hybridized carbons (Fsp3) is 0.500. The van der Waals surface area contributed by atoms with E-state index in [2.05, 4.69) is 11.8 Å². The molecule has 0 spiro atoms. The van der Waals surface area contributed by atoms with Crippen LogP contribution in [0.3, 0.4) is 0 Å². The van der Waals surface area contributed by atoms with Crippen molar-refractivity contribution in [3.63, 3.8) is 0 Å². The van der Waals surface area contributed by atoms with Gasteiger partial charge in [-0.2, -0.15) is 0 Å². The fourth-order valence-electron chi connectivity index (χ4n) is 2.54. The lowest BCUT2D eigenvalue weighted by Gasteiger charge is -2.39. The van der Waals surface area contributed by atoms with Crippen molar-refractivity contribution < 1.29 is 9.72 Å². The van der Waals surface area contributed by atoms with Crippen LogP contribution in [0.4, 0.5) is 5.69 Å². The third-order valence-electron chi connectivity index (χ3n) is 3.93. The van der Waals surface area contributed by atoms with Crippen LogP contribution in [0.1, 0.15) is 23.7 Å². The Hall–Kier alpha value is -1.66. The number of rotatable bonds is 3. The molecular formula is C14H18ClN3O3. The molecule has 6 nitrogen and oxygen atoms in total. The first-order valence-corrected chi connectivity index (χ1v) is 7.25. The van der Waals surface area contributed by atoms with E-state index < -0.39 is 4.92 Å². The third-order valence-corrected chi connectivity index (χ3v) is 4.24. The second-order valence-corrected chi connectivity index (χ2v) is 5.62. The molecule has 0 aliphatic carbocycles. The Morgan fingerprint density at radius 2 is 2.19 bits per heavy atom. The molecule has 1 unspecified atom stereocenters. The molecule has 1 saturated heterocycles. The zero-order valence-corrected chi connectivity index (χ0v) is 12.8. The summed E-state index contributed by atoms with van der Waals surface area (Å²) < 4.78 is 0. The van der Waals surface area contributed by atoms with Crippen molar-refractivity contribution in [3.05, 3.63) is 38.9 Å². The molecule has 0 saturated carbocycles. The second-order valence-electron chi connectivity index (χ2n) is 5.22. The van der Waals surface area contributed by atoms with Gasteiger partial charge in [-0.25, -0.2) is 0 Å². The first-order chi connectivity index (χ1) is 9.93. The van der Waals surface area contributed by atoms with E-state index >= 15 is 0 Å². The van der Waals surface area contributed by atoms with E-state index in [9.17, 15) is 14.9 Å². The molecule has 0 aromatic heterocycles. The van der Waals surface area contributed by atoms with Gasteiger partial charge in [0.15, 0.2) is 0 Å². The molecule has 21 heavy (non-hydrogen) atoms. The zero-order chi connectivity index (χ0) is 15.6. The van der Waals surface area contributed by atoms with Gasteiger partial charge >= 0.3 is 0 Å². The van der Waals surface area contributed by atoms with E-state index in [4.69, 9.17) is 11.6 Å². The summed E-state index contributed by atoms with van der Waals surface area (Å²) in [5, 5.41) is 10.9. The Bertz CT molecular complexity index is 564. The van der Waals surface area contributed by atoms with Gasteiger partial charge in [0.1, 0.15) is 5.02 Å². The van der Waals surface area contributed by atoms with Crippen LogP contribution < -0.4 is 0 Å². The molecule has 0 N–H and O–H groups in total. The number of piperazine rings is 1. The highest BCUT2D eigenvalue weighted by molar-refractivity contribution is 6.32. The summed E-state index contributed by atoms with van der Waals surface area (Å²) in [6.07, 6.45) is 0.959. The van der Waals surface area contributed by atoms with E-state index in [0.717, 1.165) is 13.0 Å². The minimum atomic E-state index is -0.571. The first kappa shape index (κ1) is 15.7. The van der Waals surface area contributed by atoms with Gasteiger partial charge in [0.05, 0.1) is 4.92 Å². The monoisotopic (exact) mass is 311 g/mol. The number of hydrogen-bond donors (Lipinski definition) is 0. The van der Waals surface area contributed by atoms with E-state index in [1.807, 2.05) is 7.05 Å². The summed E-state index contributed by atoms with van der Waals surface area (Å²) in [7, 11) is 2.04. The van der Waals surface area contributed by atoms with Crippen LogP contribution in [-0.4, -0.2) is 53.4 Å². The van der Waals surface area contributed by atoms with Crippen molar-refractivity contribution in [2.24, 2.45) is 0 Å². The summed E-state index contributed by atoms with van der Waals surface area (Å²) in [6, 6.07) is 4.52. The lowest BCUT2D eigenvalue weighted by Crippen LogP contribution is -2.52. The summed E-state index contributed by atoms with van der Waals surface area (Å²) in [5.41, 5.74) is 0.0780. The van der Waals surface area contributed by atoms with E-state index in [1.54, 1.807) is 4.90 Å². The largest absolute Gasteiger partial charge is 0.336 e. The van der Waals surface area contributed by atoms with Crippen LogP contribution in [0.2, 0.25) is 5.02 Å². The zero-order valence-electron chi connectivity index (χ0n) is 12.1. The maximum absolute atomic E-state index is 12.5. The minimum Gasteiger partial charge on any atom is -0.336 e. The highest BCUT2D eigenvalue weighted by Gasteiger charge is 2.27. The van der Waals surface area contributed by atoms with Crippen LogP contribution in [0.25, 0.3) is 0 Å². The Balaban J connectivity index is 2.20. The lowest BCUT2D eigenvalue weighted by molar-refractivity contribution is -0.384. The smallest absolute Gasteiger partial charge is 0.288 e. The molecule has 1 amide bonds. The Morgan fingerprint density at radius 3 is 2.81 bits per heavy atom. The van der Waals surface area contributed by atoms with Gasteiger partial charge in [0, 0.05) is 37.3 Å². The second kappa shape index (κ2) is 6.41. The predicted molar refractivity (Wildman–Crippen MR) is 80.7 cm³/mol. The SMILES string of the molecule is CCC1CN(C(=O)c2ccc(Cl)c([N+](=O)[O-])c2)CCN1C. The maximum Gasteiger partial charge on any atom is 0.288 e. The topological polar surface area (TPSA) is 66.7 Å². The number of amides is 1. The quantitative estimate of drug-likeness (QED) is 0.635. The fourth-order valence-corrected chi connectivity index (χ4v) is 2.73. The Kier molecular flexibility index (Phi) is 4.80. The van der Waals surface area contributed by atoms with Crippen molar-refractivity contribution in [2.45, 2.75) is 19.4 Å². The van der Waals surface area contributed by atoms with Crippen LogP contribution in [0, 0.1) is 10.1 Å². The summed E-state index contributed by atoms with van der Waals surface area (Å²) in [4.78, 5) is 26.8. The molecule has 7 heteroatoms. The van der Waals surface area contributed by atoms with E-state index in [1.165, 1.54) is 18.2 Å². The molecule has 1 heterocycles. The van der Waals surface area contributed by atoms with Gasteiger partial charge in [-0.3, -0.25) is 19.8 Å². The number of benzene rings is 1. The van der Waals surface area contributed by atoms with Crippen molar-refractivity contribution in [2.75, 3.05) is 26.7 Å². The van der Waals surface area contributed by atoms with E-state index in [0.29, 0.717) is 24.7 Å². The predicted octanol–water partition coefficient (Wildman–Crippen LogP) is 2.41. The number of hydrogen-bond acceptors (Lipinski definition) is 4. The Morgan fingerprint density at radius 1 is 1.48 bits per heavy atom. The first-order valence-electron chi connectivity index (χ1n) is 6.87. The van der Waals surface area contributed by atoms with Gasteiger partial charge < -0.3 is 4.90 Å². The van der Waals surface area contributed by atoms with Crippen molar-refractivity contribution in [1.82, 2.24) is 9.80 Å². The van der Waals surface area contributed by atoms with E-state index in [-0.39, 0.29) is 16.6 Å². The summed E-state index contributed by atoms with van der Waals surface area (Å²) >= 11 is 5.77. The average molecular weight is 312 g/mol. The Labute approximate surface area is 128 Å². The highest BCUT2D eigenvalue weighted by Crippen LogP contribution is 2.26. The number of nitrogens with zero attached hydrogens (tertiary/aromatic N) is 3. The highest BCUT2D eigenvalue weighted by atomic mass is 35.5. The van der Waals surface area contributed by atoms with Gasteiger partial charge in [-0.05, 0) is 25.6 Å². The number of nitro groups is 1. The molecule has 1 aliphatic rings.